The first-order valence-electron chi connectivity index (χ1n) is 25.2. The lowest BCUT2D eigenvalue weighted by molar-refractivity contribution is -0.142. The largest absolute Gasteiger partial charge is 0.507 e. The number of rotatable bonds is 6. The van der Waals surface area contributed by atoms with E-state index in [9.17, 15) is 25.5 Å². The maximum atomic E-state index is 16.4. The van der Waals surface area contributed by atoms with Crippen LogP contribution in [0.3, 0.4) is 0 Å². The summed E-state index contributed by atoms with van der Waals surface area (Å²) in [6.07, 6.45) is 0. The number of hydrogen-bond donors (Lipinski definition) is 5. The lowest BCUT2D eigenvalue weighted by Gasteiger charge is -2.46. The molecule has 4 aromatic carbocycles. The van der Waals surface area contributed by atoms with Crippen molar-refractivity contribution < 1.29 is 30.3 Å². The zero-order valence-corrected chi connectivity index (χ0v) is 48.5. The summed E-state index contributed by atoms with van der Waals surface area (Å²) in [6, 6.07) is 8.07. The Morgan fingerprint density at radius 2 is 0.536 bits per heavy atom. The molecule has 0 amide bonds. The molecule has 5 N–H and O–H groups in total. The van der Waals surface area contributed by atoms with Crippen LogP contribution in [0.4, 0.5) is 0 Å². The van der Waals surface area contributed by atoms with E-state index in [0.29, 0.717) is 55.6 Å². The highest BCUT2D eigenvalue weighted by Crippen LogP contribution is 2.60. The van der Waals surface area contributed by atoms with Gasteiger partial charge in [0.05, 0.1) is 0 Å². The van der Waals surface area contributed by atoms with Crippen LogP contribution >= 0.6 is 0 Å². The minimum atomic E-state index is -2.02. The molecule has 4 rings (SSSR count). The number of aliphatic carboxylic acids is 1. The van der Waals surface area contributed by atoms with Crippen LogP contribution < -0.4 is 0 Å². The highest BCUT2D eigenvalue weighted by atomic mass is 16.4. The molecule has 69 heavy (non-hydrogen) atoms. The van der Waals surface area contributed by atoms with Gasteiger partial charge in [0.2, 0.25) is 0 Å². The van der Waals surface area contributed by atoms with E-state index in [1.165, 1.54) is 0 Å². The van der Waals surface area contributed by atoms with E-state index >= 15 is 4.79 Å². The molecule has 0 fully saturated rings. The van der Waals surface area contributed by atoms with Crippen LogP contribution in [0.5, 0.6) is 23.0 Å². The first-order valence-corrected chi connectivity index (χ1v) is 25.2. The van der Waals surface area contributed by atoms with Gasteiger partial charge in [0.1, 0.15) is 28.4 Å². The fourth-order valence-electron chi connectivity index (χ4n) is 11.9. The van der Waals surface area contributed by atoms with E-state index in [0.717, 1.165) is 33.4 Å². The minimum Gasteiger partial charge on any atom is -0.507 e. The zero-order valence-electron chi connectivity index (χ0n) is 48.5. The van der Waals surface area contributed by atoms with Gasteiger partial charge in [-0.3, -0.25) is 4.79 Å². The Morgan fingerprint density at radius 3 is 0.725 bits per heavy atom. The van der Waals surface area contributed by atoms with Crippen molar-refractivity contribution in [1.82, 2.24) is 0 Å². The molecule has 0 aliphatic carbocycles. The summed E-state index contributed by atoms with van der Waals surface area (Å²) in [5, 5.41) is 63.8. The van der Waals surface area contributed by atoms with Crippen molar-refractivity contribution in [2.45, 2.75) is 249 Å². The molecule has 0 spiro atoms. The highest BCUT2D eigenvalue weighted by Gasteiger charge is 2.56. The molecule has 0 radical (unpaired) electrons. The lowest BCUT2D eigenvalue weighted by Crippen LogP contribution is -2.47. The highest BCUT2D eigenvalue weighted by molar-refractivity contribution is 5.92. The van der Waals surface area contributed by atoms with Crippen molar-refractivity contribution in [2.75, 3.05) is 0 Å². The smallest absolute Gasteiger partial charge is 0.319 e. The van der Waals surface area contributed by atoms with Crippen LogP contribution in [0.15, 0.2) is 24.3 Å². The summed E-state index contributed by atoms with van der Waals surface area (Å²) >= 11 is 0. The second kappa shape index (κ2) is 17.4. The van der Waals surface area contributed by atoms with Crippen LogP contribution in [-0.2, 0) is 53.5 Å². The molecular weight excluding hydrogens is 853 g/mol. The number of phenolic OH excluding ortho intramolecular Hbond substituents is 4. The number of carboxylic acids is 1. The lowest BCUT2D eigenvalue weighted by atomic mass is 9.55. The molecule has 0 bridgehead atoms. The zero-order chi connectivity index (χ0) is 54.0. The van der Waals surface area contributed by atoms with Crippen LogP contribution in [0.2, 0.25) is 0 Å². The third kappa shape index (κ3) is 9.95. The van der Waals surface area contributed by atoms with Crippen molar-refractivity contribution in [3.8, 4) is 23.0 Å². The van der Waals surface area contributed by atoms with E-state index < -0.39 is 60.6 Å². The van der Waals surface area contributed by atoms with Crippen LogP contribution in [0.1, 0.15) is 261 Å². The summed E-state index contributed by atoms with van der Waals surface area (Å²) in [5.74, 6) is -1.46. The Hall–Kier alpha value is -4.45. The second-order valence-corrected chi connectivity index (χ2v) is 28.9. The molecule has 382 valence electrons. The average Bonchev–Trinajstić information content (AvgIpc) is 3.07. The standard InChI is InChI=1S/C63H94O6/c1-33-37(29-41(55(5,6)7)50(64)45(33)59(17,18)19)49(38-30-42(56(8,9)10)51(65)46(34(38)2)60(20,21)22)63(54(68)69,39-31-43(57(11,12)13)52(66)47(35(39)3)61(23,24)25)40-32-44(58(14,15)16)53(67)48(36(40)4)62(26,27)28/h29-32,49,64-67H,1-28H3,(H,68,69). The van der Waals surface area contributed by atoms with Crippen molar-refractivity contribution >= 4 is 5.97 Å². The SMILES string of the molecule is Cc1c(C(c2cc(C(C)(C)C)c(O)c(C(C)(C)C)c2C)C(C(=O)O)(c2cc(C(C)(C)C)c(O)c(C(C)(C)C)c2C)c2cc(C(C)(C)C)c(O)c(C(C)(C)C)c2C)cc(C(C)(C)C)c(O)c1C(C)(C)C. The minimum absolute atomic E-state index is 0.150. The first kappa shape index (κ1) is 57.1. The molecular formula is C63H94O6. The Labute approximate surface area is 419 Å². The number of carbonyl (C=O) groups is 1. The summed E-state index contributed by atoms with van der Waals surface area (Å²) < 4.78 is 0. The van der Waals surface area contributed by atoms with Crippen LogP contribution in [0, 0.1) is 27.7 Å². The van der Waals surface area contributed by atoms with Gasteiger partial charge < -0.3 is 25.5 Å². The van der Waals surface area contributed by atoms with E-state index in [-0.39, 0.29) is 23.0 Å². The van der Waals surface area contributed by atoms with Gasteiger partial charge >= 0.3 is 5.97 Å². The fourth-order valence-corrected chi connectivity index (χ4v) is 11.9. The van der Waals surface area contributed by atoms with Crippen LogP contribution in [-0.4, -0.2) is 31.5 Å². The molecule has 4 aromatic rings. The number of phenols is 4. The Kier molecular flexibility index (Phi) is 14.4. The molecule has 0 heterocycles. The van der Waals surface area contributed by atoms with Gasteiger partial charge in [-0.1, -0.05) is 178 Å². The van der Waals surface area contributed by atoms with Crippen molar-refractivity contribution in [1.29, 1.82) is 0 Å². The topological polar surface area (TPSA) is 118 Å². The third-order valence-electron chi connectivity index (χ3n) is 14.8. The van der Waals surface area contributed by atoms with Gasteiger partial charge in [-0.25, -0.2) is 0 Å². The van der Waals surface area contributed by atoms with E-state index in [1.54, 1.807) is 0 Å². The predicted molar refractivity (Wildman–Crippen MR) is 291 cm³/mol. The van der Waals surface area contributed by atoms with Crippen LogP contribution in [0.25, 0.3) is 0 Å². The molecule has 0 aliphatic heterocycles. The Morgan fingerprint density at radius 1 is 0.333 bits per heavy atom. The first-order chi connectivity index (χ1) is 30.5. The molecule has 0 aromatic heterocycles. The molecule has 0 saturated carbocycles. The summed E-state index contributed by atoms with van der Waals surface area (Å²) in [4.78, 5) is 16.4. The van der Waals surface area contributed by atoms with E-state index in [1.807, 2.05) is 39.8 Å². The van der Waals surface area contributed by atoms with Gasteiger partial charge in [-0.05, 0) is 150 Å². The number of benzene rings is 4. The van der Waals surface area contributed by atoms with E-state index in [2.05, 4.69) is 178 Å². The summed E-state index contributed by atoms with van der Waals surface area (Å²) in [6.45, 7) is 57.8. The van der Waals surface area contributed by atoms with Gasteiger partial charge in [-0.15, -0.1) is 0 Å². The van der Waals surface area contributed by atoms with Gasteiger partial charge in [0.15, 0.2) is 0 Å². The maximum Gasteiger partial charge on any atom is 0.319 e. The number of hydrogen-bond acceptors (Lipinski definition) is 5. The Bertz CT molecular complexity index is 2490. The second-order valence-electron chi connectivity index (χ2n) is 28.9. The monoisotopic (exact) mass is 947 g/mol. The number of aromatic hydroxyl groups is 4. The summed E-state index contributed by atoms with van der Waals surface area (Å²) in [7, 11) is 0. The molecule has 0 unspecified atom stereocenters. The fraction of sp³-hybridized carbons (Fsp3) is 0.603. The quantitative estimate of drug-likeness (QED) is 0.131. The van der Waals surface area contributed by atoms with Crippen molar-refractivity contribution in [3.63, 3.8) is 0 Å². The van der Waals surface area contributed by atoms with Crippen molar-refractivity contribution in [2.24, 2.45) is 0 Å². The molecule has 6 nitrogen and oxygen atoms in total. The summed E-state index contributed by atoms with van der Waals surface area (Å²) in [5.41, 5.74) is 3.97. The van der Waals surface area contributed by atoms with Gasteiger partial charge in [0, 0.05) is 28.2 Å². The third-order valence-corrected chi connectivity index (χ3v) is 14.8. The average molecular weight is 947 g/mol. The van der Waals surface area contributed by atoms with Gasteiger partial charge in [0.25, 0.3) is 0 Å². The number of carboxylic acid groups (broad SMARTS) is 1. The molecule has 0 saturated heterocycles. The molecule has 0 atom stereocenters. The molecule has 0 aliphatic rings. The predicted octanol–water partition coefficient (Wildman–Crippen LogP) is 16.3. The molecule has 6 heteroatoms. The maximum absolute atomic E-state index is 16.4. The van der Waals surface area contributed by atoms with Crippen molar-refractivity contribution in [3.05, 3.63) is 113 Å². The van der Waals surface area contributed by atoms with E-state index in [4.69, 9.17) is 0 Å². The normalized spacial score (nSPS) is 14.0. The Balaban J connectivity index is 2.87. The van der Waals surface area contributed by atoms with Gasteiger partial charge in [-0.2, -0.15) is 0 Å².